The molecule has 168 valence electrons. The Morgan fingerprint density at radius 2 is 1.64 bits per heavy atom. The van der Waals surface area contributed by atoms with Gasteiger partial charge in [0.15, 0.2) is 4.80 Å². The smallest absolute Gasteiger partial charge is 0.185 e. The third-order valence-electron chi connectivity index (χ3n) is 6.64. The predicted molar refractivity (Wildman–Crippen MR) is 137 cm³/mol. The molecule has 6 rings (SSSR count). The van der Waals surface area contributed by atoms with Crippen LogP contribution in [0.1, 0.15) is 42.0 Å². The molecule has 1 aliphatic carbocycles. The Morgan fingerprint density at radius 1 is 0.879 bits per heavy atom. The molecule has 0 spiro atoms. The van der Waals surface area contributed by atoms with Crippen LogP contribution in [0.4, 0.5) is 0 Å². The summed E-state index contributed by atoms with van der Waals surface area (Å²) < 4.78 is 13.6. The summed E-state index contributed by atoms with van der Waals surface area (Å²) in [6, 6.07) is 23.4. The summed E-state index contributed by atoms with van der Waals surface area (Å²) in [4.78, 5) is 5.91. The van der Waals surface area contributed by atoms with Crippen LogP contribution in [0.2, 0.25) is 0 Å². The Kier molecular flexibility index (Phi) is 6.13. The van der Waals surface area contributed by atoms with E-state index in [9.17, 15) is 0 Å². The van der Waals surface area contributed by atoms with Crippen LogP contribution < -0.4 is 4.80 Å². The van der Waals surface area contributed by atoms with E-state index in [0.29, 0.717) is 13.1 Å². The first-order valence-corrected chi connectivity index (χ1v) is 11.9. The van der Waals surface area contributed by atoms with Crippen LogP contribution in [0.15, 0.2) is 98.5 Å². The van der Waals surface area contributed by atoms with E-state index in [2.05, 4.69) is 52.4 Å². The fourth-order valence-corrected chi connectivity index (χ4v) is 5.80. The largest absolute Gasteiger partial charge is 0.467 e. The summed E-state index contributed by atoms with van der Waals surface area (Å²) in [5.74, 6) is 1.81. The number of thiazole rings is 1. The molecule has 0 atom stereocenters. The zero-order valence-electron chi connectivity index (χ0n) is 18.1. The van der Waals surface area contributed by atoms with Gasteiger partial charge in [0.05, 0.1) is 19.1 Å². The molecule has 0 radical (unpaired) electrons. The lowest BCUT2D eigenvalue weighted by molar-refractivity contribution is 0.282. The number of furan rings is 2. The van der Waals surface area contributed by atoms with Crippen molar-refractivity contribution in [3.8, 4) is 0 Å². The van der Waals surface area contributed by atoms with E-state index in [1.165, 1.54) is 28.5 Å². The van der Waals surface area contributed by atoms with Crippen LogP contribution >= 0.6 is 28.3 Å². The first kappa shape index (κ1) is 22.0. The fraction of sp³-hybridized carbons (Fsp3) is 0.222. The minimum atomic E-state index is 0. The molecule has 4 nitrogen and oxygen atoms in total. The molecule has 6 heteroatoms. The van der Waals surface area contributed by atoms with E-state index >= 15 is 0 Å². The van der Waals surface area contributed by atoms with Crippen LogP contribution in [0.25, 0.3) is 10.8 Å². The average Bonchev–Trinajstić information content (AvgIpc) is 3.56. The molecule has 1 saturated carbocycles. The van der Waals surface area contributed by atoms with Gasteiger partial charge in [-0.3, -0.25) is 4.99 Å². The van der Waals surface area contributed by atoms with Gasteiger partial charge in [-0.2, -0.15) is 0 Å². The summed E-state index contributed by atoms with van der Waals surface area (Å²) in [5.41, 5.74) is 2.75. The van der Waals surface area contributed by atoms with E-state index in [1.807, 2.05) is 24.3 Å². The van der Waals surface area contributed by atoms with Crippen LogP contribution in [0, 0.1) is 0 Å². The third-order valence-corrected chi connectivity index (χ3v) is 7.54. The lowest BCUT2D eigenvalue weighted by Gasteiger charge is -2.43. The van der Waals surface area contributed by atoms with E-state index in [1.54, 1.807) is 23.9 Å². The van der Waals surface area contributed by atoms with Crippen LogP contribution in [0.3, 0.4) is 0 Å². The van der Waals surface area contributed by atoms with Crippen LogP contribution in [-0.4, -0.2) is 4.57 Å². The minimum Gasteiger partial charge on any atom is -0.467 e. The van der Waals surface area contributed by atoms with Crippen molar-refractivity contribution in [1.29, 1.82) is 0 Å². The van der Waals surface area contributed by atoms with Gasteiger partial charge in [0, 0.05) is 16.5 Å². The second-order valence-corrected chi connectivity index (χ2v) is 9.30. The number of hydrogen-bond donors (Lipinski definition) is 0. The van der Waals surface area contributed by atoms with Crippen molar-refractivity contribution in [3.63, 3.8) is 0 Å². The van der Waals surface area contributed by atoms with Gasteiger partial charge in [0.1, 0.15) is 18.1 Å². The molecule has 0 aliphatic heterocycles. The molecule has 3 heterocycles. The zero-order valence-corrected chi connectivity index (χ0v) is 20.7. The summed E-state index contributed by atoms with van der Waals surface area (Å²) in [6.45, 7) is 1.21. The van der Waals surface area contributed by atoms with E-state index in [0.717, 1.165) is 29.2 Å². The zero-order chi connectivity index (χ0) is 21.4. The fourth-order valence-electron chi connectivity index (χ4n) is 4.80. The van der Waals surface area contributed by atoms with Crippen LogP contribution in [-0.2, 0) is 18.5 Å². The topological polar surface area (TPSA) is 43.6 Å². The summed E-state index contributed by atoms with van der Waals surface area (Å²) in [5, 5.41) is 4.89. The Hall–Kier alpha value is -2.83. The lowest BCUT2D eigenvalue weighted by atomic mass is 9.62. The first-order valence-electron chi connectivity index (χ1n) is 11.1. The maximum atomic E-state index is 5.72. The molecule has 2 aromatic carbocycles. The number of halogens is 1. The maximum Gasteiger partial charge on any atom is 0.185 e. The number of fused-ring (bicyclic) bond motifs is 1. The quantitative estimate of drug-likeness (QED) is 0.240. The second-order valence-electron chi connectivity index (χ2n) is 8.46. The maximum absolute atomic E-state index is 5.72. The molecule has 3 aromatic heterocycles. The number of rotatable bonds is 6. The lowest BCUT2D eigenvalue weighted by Crippen LogP contribution is -2.39. The molecule has 0 N–H and O–H groups in total. The highest BCUT2D eigenvalue weighted by atomic mass is 79.9. The third kappa shape index (κ3) is 4.02. The monoisotopic (exact) mass is 520 g/mol. The van der Waals surface area contributed by atoms with E-state index < -0.39 is 0 Å². The number of aromatic nitrogens is 1. The van der Waals surface area contributed by atoms with Crippen molar-refractivity contribution >= 4 is 39.1 Å². The van der Waals surface area contributed by atoms with E-state index in [-0.39, 0.29) is 22.4 Å². The summed E-state index contributed by atoms with van der Waals surface area (Å²) in [7, 11) is 0. The highest BCUT2D eigenvalue weighted by Crippen LogP contribution is 2.49. The number of benzene rings is 2. The van der Waals surface area contributed by atoms with Gasteiger partial charge in [-0.25, -0.2) is 0 Å². The summed E-state index contributed by atoms with van der Waals surface area (Å²) >= 11 is 1.71. The molecule has 0 bridgehead atoms. The Labute approximate surface area is 207 Å². The van der Waals surface area contributed by atoms with Gasteiger partial charge >= 0.3 is 0 Å². The first-order chi connectivity index (χ1) is 15.8. The molecule has 33 heavy (non-hydrogen) atoms. The number of hydrogen-bond acceptors (Lipinski definition) is 4. The Bertz CT molecular complexity index is 1410. The van der Waals surface area contributed by atoms with Crippen LogP contribution in [0.5, 0.6) is 0 Å². The molecule has 0 amide bonds. The van der Waals surface area contributed by atoms with Gasteiger partial charge in [0.2, 0.25) is 0 Å². The van der Waals surface area contributed by atoms with Crippen molar-refractivity contribution in [2.45, 2.75) is 37.8 Å². The van der Waals surface area contributed by atoms with Gasteiger partial charge in [-0.05, 0) is 53.4 Å². The Balaban J connectivity index is 0.00000228. The molecule has 1 aliphatic rings. The summed E-state index contributed by atoms with van der Waals surface area (Å²) in [6.07, 6.45) is 6.98. The standard InChI is InChI=1S/C27H24N2O2S.BrH/c1-2-7-21-16-22(11-10-20(21)6-1)27(12-5-13-27)25-19-32-26(28-17-23-8-3-14-30-23)29(25)18-24-9-4-15-31-24;/h1-4,6-11,14-16,19H,5,12-13,17-18H2;1H/b28-26-;. The van der Waals surface area contributed by atoms with E-state index in [4.69, 9.17) is 13.8 Å². The Morgan fingerprint density at radius 3 is 2.33 bits per heavy atom. The highest BCUT2D eigenvalue weighted by molar-refractivity contribution is 8.93. The van der Waals surface area contributed by atoms with Crippen molar-refractivity contribution in [1.82, 2.24) is 4.57 Å². The predicted octanol–water partition coefficient (Wildman–Crippen LogP) is 7.09. The highest BCUT2D eigenvalue weighted by Gasteiger charge is 2.43. The molecule has 0 saturated heterocycles. The molecule has 0 unspecified atom stereocenters. The number of nitrogens with zero attached hydrogens (tertiary/aromatic N) is 2. The van der Waals surface area contributed by atoms with Crippen molar-refractivity contribution in [3.05, 3.63) is 112 Å². The average molecular weight is 521 g/mol. The van der Waals surface area contributed by atoms with Gasteiger partial charge in [-0.1, -0.05) is 48.9 Å². The van der Waals surface area contributed by atoms with Crippen molar-refractivity contribution < 1.29 is 8.83 Å². The van der Waals surface area contributed by atoms with Gasteiger partial charge in [-0.15, -0.1) is 28.3 Å². The normalized spacial score (nSPS) is 15.3. The van der Waals surface area contributed by atoms with Crippen molar-refractivity contribution in [2.24, 2.45) is 4.99 Å². The second kappa shape index (κ2) is 9.20. The van der Waals surface area contributed by atoms with Gasteiger partial charge < -0.3 is 13.4 Å². The van der Waals surface area contributed by atoms with Crippen molar-refractivity contribution in [2.75, 3.05) is 0 Å². The molecular formula is C27H25BrN2O2S. The molecule has 1 fully saturated rings. The SMILES string of the molecule is Br.c1coc(C/N=c2\scc(C3(c4ccc5ccccc5c4)CCC3)n2Cc2ccco2)c1. The van der Waals surface area contributed by atoms with Gasteiger partial charge in [0.25, 0.3) is 0 Å². The molecule has 5 aromatic rings. The minimum absolute atomic E-state index is 0. The molecular weight excluding hydrogens is 496 g/mol.